The Labute approximate surface area is 458 Å². The van der Waals surface area contributed by atoms with E-state index in [2.05, 4.69) is 34.4 Å². The molecule has 2 aliphatic rings. The number of carbonyl (C=O) groups excluding carboxylic acids is 6. The molecule has 5 rings (SSSR count). The van der Waals surface area contributed by atoms with Gasteiger partial charge in [-0.2, -0.15) is 0 Å². The van der Waals surface area contributed by atoms with Gasteiger partial charge in [-0.25, -0.2) is 4.98 Å². The first-order valence-electron chi connectivity index (χ1n) is 28.1. The molecule has 76 heavy (non-hydrogen) atoms. The van der Waals surface area contributed by atoms with Gasteiger partial charge in [0.25, 0.3) is 0 Å². The van der Waals surface area contributed by atoms with E-state index in [0.29, 0.717) is 37.1 Å². The van der Waals surface area contributed by atoms with Gasteiger partial charge in [0.2, 0.25) is 23.6 Å². The number of methoxy groups -OCH3 is 2. The topological polar surface area (TPSA) is 177 Å². The van der Waals surface area contributed by atoms with Crippen LogP contribution >= 0.6 is 11.3 Å². The summed E-state index contributed by atoms with van der Waals surface area (Å²) < 4.78 is 18.0. The number of hydrogen-bond acceptors (Lipinski definition) is 12. The number of ketones is 2. The second-order valence-electron chi connectivity index (χ2n) is 22.0. The van der Waals surface area contributed by atoms with Crippen LogP contribution in [0.4, 0.5) is 0 Å². The zero-order valence-electron chi connectivity index (χ0n) is 47.5. The zero-order valence-corrected chi connectivity index (χ0v) is 48.3. The van der Waals surface area contributed by atoms with Crippen LogP contribution in [0.25, 0.3) is 0 Å². The molecule has 1 aromatic heterocycles. The highest BCUT2D eigenvalue weighted by Crippen LogP contribution is 2.31. The number of thiazole rings is 1. The second kappa shape index (κ2) is 30.9. The first-order valence-corrected chi connectivity index (χ1v) is 29.0. The van der Waals surface area contributed by atoms with E-state index >= 15 is 0 Å². The van der Waals surface area contributed by atoms with Crippen molar-refractivity contribution < 1.29 is 43.0 Å². The number of carbonyl (C=O) groups is 6. The van der Waals surface area contributed by atoms with Gasteiger partial charge in [0.05, 0.1) is 48.7 Å². The summed E-state index contributed by atoms with van der Waals surface area (Å²) in [5, 5.41) is 9.15. The largest absolute Gasteiger partial charge is 0.379 e. The Balaban J connectivity index is 1.11. The van der Waals surface area contributed by atoms with Gasteiger partial charge >= 0.3 is 0 Å². The van der Waals surface area contributed by atoms with Crippen LogP contribution in [0, 0.1) is 23.7 Å². The van der Waals surface area contributed by atoms with Crippen LogP contribution in [0.15, 0.2) is 66.2 Å². The Hall–Kier alpha value is -4.87. The highest BCUT2D eigenvalue weighted by atomic mass is 32.1. The lowest BCUT2D eigenvalue weighted by molar-refractivity contribution is -0.148. The zero-order chi connectivity index (χ0) is 55.5. The predicted octanol–water partition coefficient (Wildman–Crippen LogP) is 9.15. The number of benzene rings is 2. The highest BCUT2D eigenvalue weighted by Gasteiger charge is 2.44. The fourth-order valence-corrected chi connectivity index (χ4v) is 12.1. The van der Waals surface area contributed by atoms with Crippen molar-refractivity contribution in [2.24, 2.45) is 23.7 Å². The number of aromatic nitrogens is 1. The lowest BCUT2D eigenvalue weighted by atomic mass is 9.89. The highest BCUT2D eigenvalue weighted by molar-refractivity contribution is 7.09. The van der Waals surface area contributed by atoms with Crippen molar-refractivity contribution in [3.63, 3.8) is 0 Å². The Morgan fingerprint density at radius 3 is 1.97 bits per heavy atom. The average Bonchev–Trinajstić information content (AvgIpc) is 4.18. The molecule has 2 N–H and O–H groups in total. The molecule has 1 aliphatic carbocycles. The molecular weight excluding hydrogens is 981 g/mol. The number of rotatable bonds is 33. The van der Waals surface area contributed by atoms with E-state index in [1.165, 1.54) is 11.3 Å². The summed E-state index contributed by atoms with van der Waals surface area (Å²) >= 11 is 1.50. The average molecular weight is 1070 g/mol. The van der Waals surface area contributed by atoms with Gasteiger partial charge in [-0.05, 0) is 69.0 Å². The molecule has 0 unspecified atom stereocenters. The van der Waals surface area contributed by atoms with Crippen molar-refractivity contribution in [3.8, 4) is 0 Å². The van der Waals surface area contributed by atoms with Gasteiger partial charge in [0.1, 0.15) is 11.0 Å². The van der Waals surface area contributed by atoms with E-state index in [0.717, 1.165) is 81.3 Å². The maximum absolute atomic E-state index is 14.7. The quantitative estimate of drug-likeness (QED) is 0.0439. The summed E-state index contributed by atoms with van der Waals surface area (Å²) in [4.78, 5) is 92.9. The lowest BCUT2D eigenvalue weighted by Gasteiger charge is -2.41. The Morgan fingerprint density at radius 1 is 0.789 bits per heavy atom. The molecule has 1 aliphatic heterocycles. The summed E-state index contributed by atoms with van der Waals surface area (Å²) in [6.45, 7) is 15.6. The number of Topliss-reactive ketones (excluding diaryl/α,β-unsaturated/α-hetero) is 2. The molecule has 4 amide bonds. The van der Waals surface area contributed by atoms with Crippen molar-refractivity contribution in [2.75, 3.05) is 48.0 Å². The molecule has 0 saturated carbocycles. The van der Waals surface area contributed by atoms with Gasteiger partial charge < -0.3 is 34.6 Å². The fourth-order valence-electron chi connectivity index (χ4n) is 11.4. The standard InChI is InChI=1S/C60H90N6O9S/c1-12-41(6)52(48(73-10)38-49(67)66-34-26-31-47(66)55(74-11)42(7)57(70)62-46(59-61-32-36-76-59)37-43-27-20-19-21-28-43)65(9)60(72)50(39(2)3)63-58(71)51(40(4)5)64(8)33-24-17-15-13-14-16-18-25-35-75-56-53(68)44-29-22-23-30-45(44)54(56)69/h19-23,27-30,32,36,39-42,46-48,50-52,55-56H,12-18,24-26,31,33-35,37-38H2,1-11H3,(H,62,70)(H,63,71)/t41-,42+,46-,47-,48+,50-,51-,52-,55+/m0/s1. The van der Waals surface area contributed by atoms with Gasteiger partial charge in [0, 0.05) is 57.1 Å². The van der Waals surface area contributed by atoms with Crippen molar-refractivity contribution in [3.05, 3.63) is 87.9 Å². The molecule has 0 spiro atoms. The molecule has 1 fully saturated rings. The maximum atomic E-state index is 14.7. The normalized spacial score (nSPS) is 18.1. The summed E-state index contributed by atoms with van der Waals surface area (Å²) in [6.07, 6.45) is 10.4. The number of likely N-dealkylation sites (tertiary alicyclic amines) is 1. The van der Waals surface area contributed by atoms with Crippen molar-refractivity contribution in [1.82, 2.24) is 30.3 Å². The SMILES string of the molecule is CC[C@H](C)[C@@H]([C@@H](CC(=O)N1CCC[C@H]1[C@H](OC)[C@@H](C)C(=O)N[C@@H](Cc1ccccc1)c1nccs1)OC)N(C)C(=O)[C@@H](NC(=O)[C@H](C(C)C)N(C)CCCCCCCCCCOC1C(=O)c2ccccc2C1=O)C(C)C. The van der Waals surface area contributed by atoms with Gasteiger partial charge in [0.15, 0.2) is 17.7 Å². The Kier molecular flexibility index (Phi) is 25.2. The summed E-state index contributed by atoms with van der Waals surface area (Å²) in [5.41, 5.74) is 1.99. The molecule has 1 saturated heterocycles. The van der Waals surface area contributed by atoms with Crippen LogP contribution in [0.5, 0.6) is 0 Å². The number of ether oxygens (including phenoxy) is 3. The van der Waals surface area contributed by atoms with Gasteiger partial charge in [-0.1, -0.05) is 148 Å². The van der Waals surface area contributed by atoms with E-state index in [4.69, 9.17) is 14.2 Å². The van der Waals surface area contributed by atoms with Crippen molar-refractivity contribution >= 4 is 46.5 Å². The van der Waals surface area contributed by atoms with Crippen LogP contribution in [0.2, 0.25) is 0 Å². The maximum Gasteiger partial charge on any atom is 0.245 e. The summed E-state index contributed by atoms with van der Waals surface area (Å²) in [6, 6.07) is 14.5. The van der Waals surface area contributed by atoms with Crippen molar-refractivity contribution in [2.45, 2.75) is 180 Å². The molecule has 15 nitrogen and oxygen atoms in total. The molecule has 3 aromatic rings. The number of unbranched alkanes of at least 4 members (excludes halogenated alkanes) is 7. The molecule has 16 heteroatoms. The Morgan fingerprint density at radius 2 is 1.41 bits per heavy atom. The van der Waals surface area contributed by atoms with Crippen LogP contribution in [0.3, 0.4) is 0 Å². The first kappa shape index (κ1) is 62.0. The minimum absolute atomic E-state index is 0.00354. The molecule has 2 aromatic carbocycles. The van der Waals surface area contributed by atoms with Crippen LogP contribution in [0.1, 0.15) is 163 Å². The van der Waals surface area contributed by atoms with Gasteiger partial charge in [-0.3, -0.25) is 33.7 Å². The third-order valence-electron chi connectivity index (χ3n) is 15.8. The van der Waals surface area contributed by atoms with E-state index in [1.54, 1.807) is 56.6 Å². The third-order valence-corrected chi connectivity index (χ3v) is 16.7. The number of fused-ring (bicyclic) bond motifs is 1. The summed E-state index contributed by atoms with van der Waals surface area (Å²) in [7, 11) is 6.93. The molecule has 420 valence electrons. The first-order chi connectivity index (χ1) is 36.4. The summed E-state index contributed by atoms with van der Waals surface area (Å²) in [5.74, 6) is -2.02. The monoisotopic (exact) mass is 1070 g/mol. The van der Waals surface area contributed by atoms with Crippen molar-refractivity contribution in [1.29, 1.82) is 0 Å². The minimum atomic E-state index is -1.00. The van der Waals surface area contributed by atoms with Crippen LogP contribution in [-0.2, 0) is 39.8 Å². The predicted molar refractivity (Wildman–Crippen MR) is 299 cm³/mol. The molecule has 9 atom stereocenters. The third kappa shape index (κ3) is 16.6. The van der Waals surface area contributed by atoms with Crippen LogP contribution in [-0.4, -0.2) is 145 Å². The van der Waals surface area contributed by atoms with E-state index < -0.39 is 42.4 Å². The minimum Gasteiger partial charge on any atom is -0.379 e. The van der Waals surface area contributed by atoms with E-state index in [9.17, 15) is 28.8 Å². The van der Waals surface area contributed by atoms with E-state index in [-0.39, 0.29) is 71.5 Å². The number of likely N-dealkylation sites (N-methyl/N-ethyl adjacent to an activating group) is 2. The molecule has 0 bridgehead atoms. The number of nitrogens with zero attached hydrogens (tertiary/aromatic N) is 4. The molecule has 0 radical (unpaired) electrons. The van der Waals surface area contributed by atoms with Crippen LogP contribution < -0.4 is 10.6 Å². The lowest BCUT2D eigenvalue weighted by Crippen LogP contribution is -2.60. The smallest absolute Gasteiger partial charge is 0.245 e. The fraction of sp³-hybridized carbons (Fsp3) is 0.650. The Bertz CT molecular complexity index is 2260. The number of nitrogens with one attached hydrogen (secondary N) is 2. The van der Waals surface area contributed by atoms with E-state index in [1.807, 2.05) is 82.3 Å². The number of hydrogen-bond donors (Lipinski definition) is 2. The van der Waals surface area contributed by atoms with Gasteiger partial charge in [-0.15, -0.1) is 11.3 Å². The molecule has 2 heterocycles. The molecular formula is C60H90N6O9S. The second-order valence-corrected chi connectivity index (χ2v) is 22.9. The number of amides is 4.